The van der Waals surface area contributed by atoms with Gasteiger partial charge in [-0.2, -0.15) is 0 Å². The number of benzene rings is 1. The lowest BCUT2D eigenvalue weighted by atomic mass is 10.3. The van der Waals surface area contributed by atoms with Crippen LogP contribution in [0.5, 0.6) is 5.75 Å². The number of aryl methyl sites for hydroxylation is 1. The Morgan fingerprint density at radius 3 is 3.05 bits per heavy atom. The first-order valence-electron chi connectivity index (χ1n) is 6.22. The van der Waals surface area contributed by atoms with Crippen LogP contribution in [-0.2, 0) is 6.54 Å². The first-order valence-corrected chi connectivity index (χ1v) is 8.00. The van der Waals surface area contributed by atoms with Crippen LogP contribution in [0.4, 0.5) is 0 Å². The number of rotatable bonds is 7. The summed E-state index contributed by atoms with van der Waals surface area (Å²) in [7, 11) is 0. The van der Waals surface area contributed by atoms with Gasteiger partial charge in [0.25, 0.3) is 0 Å². The number of nitrogens with zero attached hydrogens (tertiary/aromatic N) is 3. The van der Waals surface area contributed by atoms with Crippen LogP contribution in [0.1, 0.15) is 5.82 Å². The number of hydrogen-bond donors (Lipinski definition) is 0. The van der Waals surface area contributed by atoms with Crippen molar-refractivity contribution < 1.29 is 4.74 Å². The van der Waals surface area contributed by atoms with E-state index >= 15 is 0 Å². The summed E-state index contributed by atoms with van der Waals surface area (Å²) in [4.78, 5) is 0. The van der Waals surface area contributed by atoms with E-state index in [0.29, 0.717) is 6.61 Å². The van der Waals surface area contributed by atoms with Crippen LogP contribution in [-0.4, -0.2) is 27.1 Å². The number of hydrogen-bond acceptors (Lipinski definition) is 4. The van der Waals surface area contributed by atoms with Gasteiger partial charge in [-0.3, -0.25) is 0 Å². The van der Waals surface area contributed by atoms with Gasteiger partial charge in [-0.15, -0.1) is 16.8 Å². The van der Waals surface area contributed by atoms with E-state index in [-0.39, 0.29) is 0 Å². The number of thioether (sulfide) groups is 1. The van der Waals surface area contributed by atoms with Crippen LogP contribution in [0.3, 0.4) is 0 Å². The van der Waals surface area contributed by atoms with Gasteiger partial charge in [0.15, 0.2) is 5.16 Å². The van der Waals surface area contributed by atoms with Crippen molar-refractivity contribution >= 4 is 27.7 Å². The van der Waals surface area contributed by atoms with Crippen molar-refractivity contribution in [1.82, 2.24) is 14.8 Å². The maximum Gasteiger partial charge on any atom is 0.191 e. The van der Waals surface area contributed by atoms with Gasteiger partial charge in [-0.1, -0.05) is 39.8 Å². The van der Waals surface area contributed by atoms with Crippen molar-refractivity contribution in [2.24, 2.45) is 0 Å². The lowest BCUT2D eigenvalue weighted by molar-refractivity contribution is 0.343. The van der Waals surface area contributed by atoms with Gasteiger partial charge in [-0.05, 0) is 25.1 Å². The molecule has 0 aliphatic carbocycles. The molecule has 0 saturated carbocycles. The average Bonchev–Trinajstić information content (AvgIpc) is 2.77. The molecule has 0 amide bonds. The van der Waals surface area contributed by atoms with Gasteiger partial charge in [-0.25, -0.2) is 0 Å². The second-order valence-electron chi connectivity index (χ2n) is 4.08. The Morgan fingerprint density at radius 1 is 1.45 bits per heavy atom. The van der Waals surface area contributed by atoms with Gasteiger partial charge >= 0.3 is 0 Å². The Hall–Kier alpha value is -1.27. The minimum absolute atomic E-state index is 0.626. The number of aromatic nitrogens is 3. The molecule has 1 aromatic carbocycles. The highest BCUT2D eigenvalue weighted by atomic mass is 79.9. The number of ether oxygens (including phenoxy) is 1. The van der Waals surface area contributed by atoms with Crippen molar-refractivity contribution in [2.45, 2.75) is 18.6 Å². The number of allylic oxidation sites excluding steroid dienone is 1. The molecule has 0 bridgehead atoms. The van der Waals surface area contributed by atoms with Gasteiger partial charge in [0.2, 0.25) is 0 Å². The predicted octanol–water partition coefficient (Wildman–Crippen LogP) is 3.71. The molecule has 20 heavy (non-hydrogen) atoms. The maximum absolute atomic E-state index is 5.69. The second kappa shape index (κ2) is 7.50. The summed E-state index contributed by atoms with van der Waals surface area (Å²) >= 11 is 5.06. The molecule has 0 atom stereocenters. The highest BCUT2D eigenvalue weighted by Gasteiger charge is 2.07. The largest absolute Gasteiger partial charge is 0.493 e. The molecule has 4 nitrogen and oxygen atoms in total. The van der Waals surface area contributed by atoms with Crippen LogP contribution in [0.15, 0.2) is 46.5 Å². The zero-order chi connectivity index (χ0) is 14.4. The summed E-state index contributed by atoms with van der Waals surface area (Å²) in [5, 5.41) is 9.14. The quantitative estimate of drug-likeness (QED) is 0.432. The fourth-order valence-corrected chi connectivity index (χ4v) is 2.85. The molecule has 0 saturated heterocycles. The summed E-state index contributed by atoms with van der Waals surface area (Å²) < 4.78 is 8.74. The summed E-state index contributed by atoms with van der Waals surface area (Å²) in [6.45, 7) is 7.05. The molecule has 6 heteroatoms. The molecule has 0 N–H and O–H groups in total. The van der Waals surface area contributed by atoms with Crippen molar-refractivity contribution in [1.29, 1.82) is 0 Å². The van der Waals surface area contributed by atoms with Crippen molar-refractivity contribution in [3.05, 3.63) is 47.2 Å². The Morgan fingerprint density at radius 2 is 2.30 bits per heavy atom. The molecule has 106 valence electrons. The zero-order valence-corrected chi connectivity index (χ0v) is 13.7. The highest BCUT2D eigenvalue weighted by Crippen LogP contribution is 2.20. The summed E-state index contributed by atoms with van der Waals surface area (Å²) in [5.41, 5.74) is 0. The normalized spacial score (nSPS) is 10.5. The highest BCUT2D eigenvalue weighted by molar-refractivity contribution is 9.10. The minimum atomic E-state index is 0.626. The molecule has 0 spiro atoms. The molecular formula is C14H16BrN3OS. The van der Waals surface area contributed by atoms with Gasteiger partial charge in [0.1, 0.15) is 11.6 Å². The Labute approximate surface area is 131 Å². The van der Waals surface area contributed by atoms with Crippen molar-refractivity contribution in [3.63, 3.8) is 0 Å². The molecule has 0 fully saturated rings. The SMILES string of the molecule is C=CCn1c(C)nnc1SCCOc1cccc(Br)c1. The second-order valence-corrected chi connectivity index (χ2v) is 6.06. The van der Waals surface area contributed by atoms with Gasteiger partial charge in [0.05, 0.1) is 6.61 Å². The van der Waals surface area contributed by atoms with Crippen LogP contribution in [0, 0.1) is 6.92 Å². The third kappa shape index (κ3) is 4.11. The van der Waals surface area contributed by atoms with Gasteiger partial charge < -0.3 is 9.30 Å². The van der Waals surface area contributed by atoms with Crippen LogP contribution >= 0.6 is 27.7 Å². The minimum Gasteiger partial charge on any atom is -0.493 e. The molecule has 1 aromatic heterocycles. The molecule has 0 aliphatic heterocycles. The summed E-state index contributed by atoms with van der Waals surface area (Å²) in [6, 6.07) is 7.83. The van der Waals surface area contributed by atoms with E-state index in [9.17, 15) is 0 Å². The molecule has 2 rings (SSSR count). The average molecular weight is 354 g/mol. The first kappa shape index (κ1) is 15.1. The Bertz CT molecular complexity index is 586. The van der Waals surface area contributed by atoms with Crippen LogP contribution in [0.2, 0.25) is 0 Å². The Kier molecular flexibility index (Phi) is 5.67. The smallest absolute Gasteiger partial charge is 0.191 e. The van der Waals surface area contributed by atoms with Crippen molar-refractivity contribution in [2.75, 3.05) is 12.4 Å². The third-order valence-corrected chi connectivity index (χ3v) is 4.02. The van der Waals surface area contributed by atoms with E-state index in [1.165, 1.54) is 0 Å². The fourth-order valence-electron chi connectivity index (χ4n) is 1.66. The summed E-state index contributed by atoms with van der Waals surface area (Å²) in [5.74, 6) is 2.59. The molecule has 1 heterocycles. The van der Waals surface area contributed by atoms with E-state index in [4.69, 9.17) is 4.74 Å². The fraction of sp³-hybridized carbons (Fsp3) is 0.286. The molecule has 0 unspecified atom stereocenters. The lowest BCUT2D eigenvalue weighted by Gasteiger charge is -2.07. The molecule has 0 aliphatic rings. The van der Waals surface area contributed by atoms with Gasteiger partial charge in [0, 0.05) is 16.8 Å². The molecule has 2 aromatic rings. The van der Waals surface area contributed by atoms with E-state index in [0.717, 1.165) is 33.5 Å². The van der Waals surface area contributed by atoms with E-state index in [1.54, 1.807) is 11.8 Å². The maximum atomic E-state index is 5.69. The molecule has 0 radical (unpaired) electrons. The van der Waals surface area contributed by atoms with E-state index in [2.05, 4.69) is 32.7 Å². The first-order chi connectivity index (χ1) is 9.70. The predicted molar refractivity (Wildman–Crippen MR) is 85.3 cm³/mol. The standard InChI is InChI=1S/C14H16BrN3OS/c1-3-7-18-11(2)16-17-14(18)20-9-8-19-13-6-4-5-12(15)10-13/h3-6,10H,1,7-9H2,2H3. The number of halogens is 1. The molecular weight excluding hydrogens is 338 g/mol. The van der Waals surface area contributed by atoms with Crippen LogP contribution in [0.25, 0.3) is 0 Å². The third-order valence-electron chi connectivity index (χ3n) is 2.59. The summed E-state index contributed by atoms with van der Waals surface area (Å²) in [6.07, 6.45) is 1.85. The zero-order valence-electron chi connectivity index (χ0n) is 11.3. The topological polar surface area (TPSA) is 39.9 Å². The Balaban J connectivity index is 1.83. The van der Waals surface area contributed by atoms with E-state index < -0.39 is 0 Å². The lowest BCUT2D eigenvalue weighted by Crippen LogP contribution is -2.04. The monoisotopic (exact) mass is 353 g/mol. The van der Waals surface area contributed by atoms with E-state index in [1.807, 2.05) is 41.8 Å². The van der Waals surface area contributed by atoms with Crippen LogP contribution < -0.4 is 4.74 Å². The van der Waals surface area contributed by atoms with Crippen molar-refractivity contribution in [3.8, 4) is 5.75 Å².